The van der Waals surface area contributed by atoms with Gasteiger partial charge in [0.2, 0.25) is 5.91 Å². The molecule has 0 aliphatic carbocycles. The second kappa shape index (κ2) is 8.77. The van der Waals surface area contributed by atoms with Crippen LogP contribution in [0.3, 0.4) is 0 Å². The SMILES string of the molecule is COc1ccc([C@]2(C)NC(=O)N(CC(=O)NCCCc3ccccc3)C2=O)cc1. The molecule has 0 saturated carbocycles. The molecule has 0 unspecified atom stereocenters. The zero-order valence-corrected chi connectivity index (χ0v) is 16.6. The molecule has 4 amide bonds. The van der Waals surface area contributed by atoms with Crippen LogP contribution in [-0.4, -0.2) is 42.9 Å². The van der Waals surface area contributed by atoms with Gasteiger partial charge in [-0.25, -0.2) is 4.79 Å². The summed E-state index contributed by atoms with van der Waals surface area (Å²) in [6, 6.07) is 16.3. The molecule has 0 aromatic heterocycles. The van der Waals surface area contributed by atoms with Crippen LogP contribution in [0.5, 0.6) is 5.75 Å². The average Bonchev–Trinajstić information content (AvgIpc) is 2.96. The predicted molar refractivity (Wildman–Crippen MR) is 108 cm³/mol. The minimum atomic E-state index is -1.21. The van der Waals surface area contributed by atoms with Crippen LogP contribution < -0.4 is 15.4 Å². The highest BCUT2D eigenvalue weighted by Gasteiger charge is 2.49. The van der Waals surface area contributed by atoms with Gasteiger partial charge in [-0.2, -0.15) is 0 Å². The Morgan fingerprint density at radius 2 is 1.79 bits per heavy atom. The van der Waals surface area contributed by atoms with E-state index in [1.807, 2.05) is 30.3 Å². The Kier molecular flexibility index (Phi) is 6.16. The van der Waals surface area contributed by atoms with Crippen molar-refractivity contribution in [2.75, 3.05) is 20.2 Å². The summed E-state index contributed by atoms with van der Waals surface area (Å²) >= 11 is 0. The van der Waals surface area contributed by atoms with Crippen molar-refractivity contribution in [3.8, 4) is 5.75 Å². The van der Waals surface area contributed by atoms with Crippen LogP contribution in [0.15, 0.2) is 54.6 Å². The lowest BCUT2D eigenvalue weighted by atomic mass is 9.92. The number of hydrogen-bond donors (Lipinski definition) is 2. The largest absolute Gasteiger partial charge is 0.497 e. The van der Waals surface area contributed by atoms with Crippen LogP contribution in [0.2, 0.25) is 0 Å². The summed E-state index contributed by atoms with van der Waals surface area (Å²) in [5, 5.41) is 5.47. The standard InChI is InChI=1S/C22H25N3O4/c1-22(17-10-12-18(29-2)13-11-17)20(27)25(21(28)24-22)15-19(26)23-14-6-9-16-7-4-3-5-8-16/h3-5,7-8,10-13H,6,9,14-15H2,1-2H3,(H,23,26)(H,24,28)/t22-/m0/s1. The Balaban J connectivity index is 1.54. The Bertz CT molecular complexity index is 883. The summed E-state index contributed by atoms with van der Waals surface area (Å²) in [6.07, 6.45) is 1.62. The quantitative estimate of drug-likeness (QED) is 0.530. The first-order valence-electron chi connectivity index (χ1n) is 9.53. The summed E-state index contributed by atoms with van der Waals surface area (Å²) in [4.78, 5) is 38.4. The fraction of sp³-hybridized carbons (Fsp3) is 0.318. The van der Waals surface area contributed by atoms with Crippen LogP contribution in [0.25, 0.3) is 0 Å². The van der Waals surface area contributed by atoms with E-state index in [1.54, 1.807) is 38.3 Å². The zero-order chi connectivity index (χ0) is 20.9. The smallest absolute Gasteiger partial charge is 0.325 e. The highest BCUT2D eigenvalue weighted by atomic mass is 16.5. The molecular formula is C22H25N3O4. The molecule has 152 valence electrons. The van der Waals surface area contributed by atoms with Gasteiger partial charge in [-0.15, -0.1) is 0 Å². The lowest BCUT2D eigenvalue weighted by Gasteiger charge is -2.22. The molecule has 1 aliphatic rings. The van der Waals surface area contributed by atoms with Gasteiger partial charge in [0.15, 0.2) is 0 Å². The first-order chi connectivity index (χ1) is 13.9. The fourth-order valence-electron chi connectivity index (χ4n) is 3.33. The Hall–Kier alpha value is -3.35. The van der Waals surface area contributed by atoms with Gasteiger partial charge in [0.05, 0.1) is 7.11 Å². The van der Waals surface area contributed by atoms with E-state index in [2.05, 4.69) is 10.6 Å². The van der Waals surface area contributed by atoms with Crippen molar-refractivity contribution in [1.29, 1.82) is 0 Å². The molecule has 7 nitrogen and oxygen atoms in total. The second-order valence-corrected chi connectivity index (χ2v) is 7.11. The van der Waals surface area contributed by atoms with E-state index in [9.17, 15) is 14.4 Å². The van der Waals surface area contributed by atoms with E-state index in [0.29, 0.717) is 17.9 Å². The molecule has 7 heteroatoms. The van der Waals surface area contributed by atoms with Crippen molar-refractivity contribution in [2.45, 2.75) is 25.3 Å². The Morgan fingerprint density at radius 1 is 1.10 bits per heavy atom. The summed E-state index contributed by atoms with van der Waals surface area (Å²) in [6.45, 7) is 1.81. The van der Waals surface area contributed by atoms with Gasteiger partial charge in [0, 0.05) is 6.54 Å². The summed E-state index contributed by atoms with van der Waals surface area (Å²) in [5.74, 6) is -0.159. The molecule has 1 heterocycles. The molecule has 0 bridgehead atoms. The normalized spacial score (nSPS) is 18.5. The maximum atomic E-state index is 12.9. The van der Waals surface area contributed by atoms with E-state index >= 15 is 0 Å². The molecule has 2 aromatic rings. The van der Waals surface area contributed by atoms with Crippen molar-refractivity contribution >= 4 is 17.8 Å². The van der Waals surface area contributed by atoms with Gasteiger partial charge in [0.25, 0.3) is 5.91 Å². The average molecular weight is 395 g/mol. The zero-order valence-electron chi connectivity index (χ0n) is 16.6. The number of nitrogens with zero attached hydrogens (tertiary/aromatic N) is 1. The van der Waals surface area contributed by atoms with Crippen molar-refractivity contribution < 1.29 is 19.1 Å². The van der Waals surface area contributed by atoms with E-state index in [0.717, 1.165) is 17.7 Å². The van der Waals surface area contributed by atoms with E-state index in [1.165, 1.54) is 5.56 Å². The monoisotopic (exact) mass is 395 g/mol. The topological polar surface area (TPSA) is 87.7 Å². The summed E-state index contributed by atoms with van der Waals surface area (Å²) in [5.41, 5.74) is 0.616. The van der Waals surface area contributed by atoms with Gasteiger partial charge >= 0.3 is 6.03 Å². The summed E-state index contributed by atoms with van der Waals surface area (Å²) < 4.78 is 5.13. The van der Waals surface area contributed by atoms with E-state index in [-0.39, 0.29) is 12.5 Å². The number of imide groups is 1. The minimum absolute atomic E-state index is 0.304. The first-order valence-corrected chi connectivity index (χ1v) is 9.53. The number of hydrogen-bond acceptors (Lipinski definition) is 4. The molecule has 0 radical (unpaired) electrons. The van der Waals surface area contributed by atoms with Crippen LogP contribution >= 0.6 is 0 Å². The van der Waals surface area contributed by atoms with Crippen LogP contribution in [0.4, 0.5) is 4.79 Å². The number of aryl methyl sites for hydroxylation is 1. The number of carbonyl (C=O) groups excluding carboxylic acids is 3. The van der Waals surface area contributed by atoms with Crippen molar-refractivity contribution in [3.05, 3.63) is 65.7 Å². The molecule has 0 spiro atoms. The third-order valence-corrected chi connectivity index (χ3v) is 5.05. The van der Waals surface area contributed by atoms with Crippen molar-refractivity contribution in [1.82, 2.24) is 15.5 Å². The van der Waals surface area contributed by atoms with Gasteiger partial charge in [-0.3, -0.25) is 14.5 Å². The number of amides is 4. The lowest BCUT2D eigenvalue weighted by molar-refractivity contribution is -0.134. The number of ether oxygens (including phenoxy) is 1. The predicted octanol–water partition coefficient (Wildman–Crippen LogP) is 2.21. The fourth-order valence-corrected chi connectivity index (χ4v) is 3.33. The molecule has 3 rings (SSSR count). The number of methoxy groups -OCH3 is 1. The number of nitrogens with one attached hydrogen (secondary N) is 2. The molecule has 1 aliphatic heterocycles. The molecule has 29 heavy (non-hydrogen) atoms. The van der Waals surface area contributed by atoms with Crippen molar-refractivity contribution in [2.24, 2.45) is 0 Å². The highest BCUT2D eigenvalue weighted by molar-refractivity contribution is 6.09. The lowest BCUT2D eigenvalue weighted by Crippen LogP contribution is -2.43. The Labute approximate surface area is 170 Å². The van der Waals surface area contributed by atoms with Gasteiger partial charge in [0.1, 0.15) is 17.8 Å². The van der Waals surface area contributed by atoms with Gasteiger partial charge < -0.3 is 15.4 Å². The van der Waals surface area contributed by atoms with Crippen LogP contribution in [0, 0.1) is 0 Å². The minimum Gasteiger partial charge on any atom is -0.497 e. The first kappa shape index (κ1) is 20.4. The van der Waals surface area contributed by atoms with Crippen LogP contribution in [0.1, 0.15) is 24.5 Å². The number of rotatable bonds is 8. The van der Waals surface area contributed by atoms with Gasteiger partial charge in [-0.05, 0) is 43.0 Å². The summed E-state index contributed by atoms with van der Waals surface area (Å²) in [7, 11) is 1.55. The molecule has 1 fully saturated rings. The number of carbonyl (C=O) groups is 3. The maximum Gasteiger partial charge on any atom is 0.325 e. The van der Waals surface area contributed by atoms with Gasteiger partial charge in [-0.1, -0.05) is 42.5 Å². The second-order valence-electron chi connectivity index (χ2n) is 7.11. The van der Waals surface area contributed by atoms with Crippen LogP contribution in [-0.2, 0) is 21.5 Å². The molecule has 1 atom stereocenters. The number of benzene rings is 2. The molecular weight excluding hydrogens is 370 g/mol. The van der Waals surface area contributed by atoms with E-state index < -0.39 is 17.5 Å². The highest BCUT2D eigenvalue weighted by Crippen LogP contribution is 2.29. The third kappa shape index (κ3) is 4.56. The molecule has 2 aromatic carbocycles. The Morgan fingerprint density at radius 3 is 2.45 bits per heavy atom. The molecule has 2 N–H and O–H groups in total. The number of urea groups is 1. The maximum absolute atomic E-state index is 12.9. The third-order valence-electron chi connectivity index (χ3n) is 5.05. The van der Waals surface area contributed by atoms with Crippen molar-refractivity contribution in [3.63, 3.8) is 0 Å². The molecule has 1 saturated heterocycles. The van der Waals surface area contributed by atoms with E-state index in [4.69, 9.17) is 4.74 Å².